The molecule has 2 aromatic rings. The van der Waals surface area contributed by atoms with Gasteiger partial charge in [0, 0.05) is 25.2 Å². The molecule has 26 heavy (non-hydrogen) atoms. The minimum Gasteiger partial charge on any atom is -1.00 e. The number of rotatable bonds is 8. The Labute approximate surface area is 169 Å². The van der Waals surface area contributed by atoms with E-state index in [1.807, 2.05) is 6.92 Å². The van der Waals surface area contributed by atoms with E-state index < -0.39 is 0 Å². The first-order chi connectivity index (χ1) is 11.9. The number of hydrogen-bond donors (Lipinski definition) is 1. The normalized spacial score (nSPS) is 14.5. The third kappa shape index (κ3) is 6.29. The molecule has 4 nitrogen and oxygen atoms in total. The fourth-order valence-electron chi connectivity index (χ4n) is 3.25. The van der Waals surface area contributed by atoms with Crippen molar-refractivity contribution in [1.29, 1.82) is 0 Å². The summed E-state index contributed by atoms with van der Waals surface area (Å²) in [6, 6.07) is 12.8. The topological polar surface area (TPSA) is 33.7 Å². The number of nitrogens with one attached hydrogen (secondary N) is 1. The fourth-order valence-corrected chi connectivity index (χ4v) is 3.25. The molecule has 1 fully saturated rings. The van der Waals surface area contributed by atoms with Crippen molar-refractivity contribution in [3.63, 3.8) is 0 Å². The molecule has 1 heterocycles. The Kier molecular flexibility index (Phi) is 10.9. The van der Waals surface area contributed by atoms with Gasteiger partial charge in [0.2, 0.25) is 0 Å². The van der Waals surface area contributed by atoms with Crippen LogP contribution in [0.1, 0.15) is 18.9 Å². The van der Waals surface area contributed by atoms with Gasteiger partial charge < -0.3 is 39.6 Å². The van der Waals surface area contributed by atoms with E-state index in [9.17, 15) is 0 Å². The Bertz CT molecular complexity index is 649. The van der Waals surface area contributed by atoms with Crippen molar-refractivity contribution in [1.82, 2.24) is 10.2 Å². The third-order valence-corrected chi connectivity index (χ3v) is 4.53. The lowest BCUT2D eigenvalue weighted by molar-refractivity contribution is -0.00100. The van der Waals surface area contributed by atoms with Crippen molar-refractivity contribution in [2.75, 3.05) is 46.0 Å². The second-order valence-corrected chi connectivity index (χ2v) is 6.18. The van der Waals surface area contributed by atoms with Crippen LogP contribution in [-0.2, 0) is 11.3 Å². The molecule has 1 aliphatic rings. The Hall–Kier alpha value is -1.04. The minimum absolute atomic E-state index is 0. The number of ether oxygens (including phenoxy) is 2. The summed E-state index contributed by atoms with van der Waals surface area (Å²) in [5, 5.41) is 6.15. The lowest BCUT2D eigenvalue weighted by Gasteiger charge is -2.26. The maximum Gasteiger partial charge on any atom is 0.124 e. The molecule has 0 spiro atoms. The van der Waals surface area contributed by atoms with E-state index in [1.165, 1.54) is 16.3 Å². The van der Waals surface area contributed by atoms with Gasteiger partial charge in [-0.2, -0.15) is 0 Å². The van der Waals surface area contributed by atoms with Crippen molar-refractivity contribution >= 4 is 10.8 Å². The highest BCUT2D eigenvalue weighted by Crippen LogP contribution is 2.28. The summed E-state index contributed by atoms with van der Waals surface area (Å²) in [6.07, 6.45) is 1.16. The minimum atomic E-state index is 0. The zero-order valence-corrected chi connectivity index (χ0v) is 16.9. The first kappa shape index (κ1) is 23.0. The van der Waals surface area contributed by atoms with Crippen LogP contribution in [-0.4, -0.2) is 50.9 Å². The zero-order chi connectivity index (χ0) is 16.6. The van der Waals surface area contributed by atoms with Crippen molar-refractivity contribution in [3.05, 3.63) is 42.0 Å². The predicted octanol–water partition coefficient (Wildman–Crippen LogP) is -2.94. The van der Waals surface area contributed by atoms with Gasteiger partial charge in [0.05, 0.1) is 19.8 Å². The SMILES string of the molecule is CCOc1ccc2ccccc2c1CNCCCN1CCOCC1.[Cl-].[Cl-]. The first-order valence-electron chi connectivity index (χ1n) is 9.02. The molecule has 0 amide bonds. The number of morpholine rings is 1. The summed E-state index contributed by atoms with van der Waals surface area (Å²) in [5.41, 5.74) is 1.27. The van der Waals surface area contributed by atoms with Gasteiger partial charge in [-0.15, -0.1) is 0 Å². The highest BCUT2D eigenvalue weighted by atomic mass is 35.5. The highest BCUT2D eigenvalue weighted by molar-refractivity contribution is 5.87. The maximum atomic E-state index is 5.84. The summed E-state index contributed by atoms with van der Waals surface area (Å²) >= 11 is 0. The standard InChI is InChI=1S/C20H28N2O2.2ClH/c1-2-24-20-9-8-17-6-3-4-7-18(17)19(20)16-21-10-5-11-22-12-14-23-15-13-22;;/h3-4,6-9,21H,2,5,10-16H2,1H3;2*1H/p-2. The largest absolute Gasteiger partial charge is 1.00 e. The van der Waals surface area contributed by atoms with Gasteiger partial charge in [0.25, 0.3) is 0 Å². The van der Waals surface area contributed by atoms with Gasteiger partial charge in [-0.3, -0.25) is 4.90 Å². The molecule has 0 bridgehead atoms. The van der Waals surface area contributed by atoms with Crippen LogP contribution in [0.2, 0.25) is 0 Å². The second-order valence-electron chi connectivity index (χ2n) is 6.18. The van der Waals surface area contributed by atoms with Gasteiger partial charge in [0.15, 0.2) is 0 Å². The van der Waals surface area contributed by atoms with Crippen molar-refractivity contribution in [2.24, 2.45) is 0 Å². The summed E-state index contributed by atoms with van der Waals surface area (Å²) in [5.74, 6) is 0.997. The van der Waals surface area contributed by atoms with E-state index >= 15 is 0 Å². The van der Waals surface area contributed by atoms with E-state index in [0.29, 0.717) is 6.61 Å². The number of nitrogens with zero attached hydrogens (tertiary/aromatic N) is 1. The third-order valence-electron chi connectivity index (χ3n) is 4.53. The number of benzene rings is 2. The molecule has 1 aliphatic heterocycles. The van der Waals surface area contributed by atoms with Crippen molar-refractivity contribution in [3.8, 4) is 5.75 Å². The van der Waals surface area contributed by atoms with Gasteiger partial charge in [-0.05, 0) is 43.3 Å². The van der Waals surface area contributed by atoms with Crippen LogP contribution >= 0.6 is 0 Å². The van der Waals surface area contributed by atoms with Gasteiger partial charge in [-0.25, -0.2) is 0 Å². The highest BCUT2D eigenvalue weighted by Gasteiger charge is 2.10. The van der Waals surface area contributed by atoms with Crippen molar-refractivity contribution < 1.29 is 34.3 Å². The van der Waals surface area contributed by atoms with Crippen LogP contribution in [0.5, 0.6) is 5.75 Å². The molecular weight excluding hydrogens is 371 g/mol. The van der Waals surface area contributed by atoms with Gasteiger partial charge >= 0.3 is 0 Å². The Morgan fingerprint density at radius 2 is 1.85 bits per heavy atom. The first-order valence-corrected chi connectivity index (χ1v) is 9.02. The van der Waals surface area contributed by atoms with E-state index in [0.717, 1.165) is 58.1 Å². The lowest BCUT2D eigenvalue weighted by Crippen LogP contribution is -3.00. The molecule has 0 unspecified atom stereocenters. The molecule has 1 N–H and O–H groups in total. The molecule has 1 saturated heterocycles. The fraction of sp³-hybridized carbons (Fsp3) is 0.500. The molecule has 3 rings (SSSR count). The summed E-state index contributed by atoms with van der Waals surface area (Å²) in [4.78, 5) is 2.48. The van der Waals surface area contributed by atoms with E-state index in [2.05, 4.69) is 46.6 Å². The zero-order valence-electron chi connectivity index (χ0n) is 15.3. The van der Waals surface area contributed by atoms with E-state index in [1.54, 1.807) is 0 Å². The van der Waals surface area contributed by atoms with Gasteiger partial charge in [0.1, 0.15) is 5.75 Å². The molecule has 0 saturated carbocycles. The average Bonchev–Trinajstić information content (AvgIpc) is 2.64. The summed E-state index contributed by atoms with van der Waals surface area (Å²) < 4.78 is 11.2. The molecule has 0 aromatic heterocycles. The van der Waals surface area contributed by atoms with Crippen LogP contribution in [0.4, 0.5) is 0 Å². The van der Waals surface area contributed by atoms with E-state index in [-0.39, 0.29) is 24.8 Å². The van der Waals surface area contributed by atoms with Crippen molar-refractivity contribution in [2.45, 2.75) is 19.9 Å². The molecular formula is C20H28Cl2N2O2-2. The van der Waals surface area contributed by atoms with Crippen LogP contribution in [0.3, 0.4) is 0 Å². The van der Waals surface area contributed by atoms with E-state index in [4.69, 9.17) is 9.47 Å². The van der Waals surface area contributed by atoms with Gasteiger partial charge in [-0.1, -0.05) is 30.3 Å². The Morgan fingerprint density at radius 3 is 2.62 bits per heavy atom. The molecule has 0 atom stereocenters. The maximum absolute atomic E-state index is 5.84. The number of hydrogen-bond acceptors (Lipinski definition) is 4. The monoisotopic (exact) mass is 398 g/mol. The number of fused-ring (bicyclic) bond motifs is 1. The van der Waals surface area contributed by atoms with Crippen LogP contribution in [0.25, 0.3) is 10.8 Å². The smallest absolute Gasteiger partial charge is 0.124 e. The second kappa shape index (κ2) is 12.4. The predicted molar refractivity (Wildman–Crippen MR) is 98.7 cm³/mol. The number of halogens is 2. The Balaban J connectivity index is 0.00000169. The summed E-state index contributed by atoms with van der Waals surface area (Å²) in [7, 11) is 0. The average molecular weight is 399 g/mol. The Morgan fingerprint density at radius 1 is 1.08 bits per heavy atom. The summed E-state index contributed by atoms with van der Waals surface area (Å²) in [6.45, 7) is 9.63. The quantitative estimate of drug-likeness (QED) is 0.482. The molecule has 0 radical (unpaired) electrons. The van der Waals surface area contributed by atoms with Crippen LogP contribution in [0.15, 0.2) is 36.4 Å². The molecule has 0 aliphatic carbocycles. The lowest BCUT2D eigenvalue weighted by atomic mass is 10.0. The van der Waals surface area contributed by atoms with Crippen LogP contribution in [0, 0.1) is 0 Å². The van der Waals surface area contributed by atoms with Crippen LogP contribution < -0.4 is 34.9 Å². The molecule has 6 heteroatoms. The molecule has 146 valence electrons. The molecule has 2 aromatic carbocycles.